The topological polar surface area (TPSA) is 151 Å². The molecule has 0 radical (unpaired) electrons. The number of benzene rings is 1. The van der Waals surface area contributed by atoms with Crippen LogP contribution in [0, 0.1) is 0 Å². The summed E-state index contributed by atoms with van der Waals surface area (Å²) in [6, 6.07) is 7.26. The van der Waals surface area contributed by atoms with E-state index in [9.17, 15) is 19.2 Å². The molecule has 154 valence electrons. The Balaban J connectivity index is 2.58. The summed E-state index contributed by atoms with van der Waals surface area (Å²) >= 11 is 0. The molecule has 0 saturated carbocycles. The van der Waals surface area contributed by atoms with Crippen molar-refractivity contribution >= 4 is 23.7 Å². The zero-order chi connectivity index (χ0) is 20.9. The van der Waals surface area contributed by atoms with Crippen molar-refractivity contribution in [3.8, 4) is 0 Å². The Kier molecular flexibility index (Phi) is 10.3. The van der Waals surface area contributed by atoms with Crippen molar-refractivity contribution < 1.29 is 24.3 Å². The van der Waals surface area contributed by atoms with Gasteiger partial charge in [-0.25, -0.2) is 4.79 Å². The van der Waals surface area contributed by atoms with Crippen LogP contribution in [0.1, 0.15) is 31.7 Å². The lowest BCUT2D eigenvalue weighted by Crippen LogP contribution is -2.51. The number of hydrogen-bond acceptors (Lipinski definition) is 5. The summed E-state index contributed by atoms with van der Waals surface area (Å²) in [5.74, 6) is -2.65. The normalized spacial score (nSPS) is 12.5. The van der Waals surface area contributed by atoms with Crippen LogP contribution in [0.15, 0.2) is 30.3 Å². The van der Waals surface area contributed by atoms with E-state index in [1.54, 1.807) is 0 Å². The summed E-state index contributed by atoms with van der Waals surface area (Å²) in [7, 11) is 0. The van der Waals surface area contributed by atoms with Crippen molar-refractivity contribution in [2.75, 3.05) is 13.1 Å². The summed E-state index contributed by atoms with van der Waals surface area (Å²) in [6.45, 7) is 1.36. The second-order valence-electron chi connectivity index (χ2n) is 6.40. The standard InChI is InChI=1S/C19H28N4O5/c1-13(24)22-16(11-14-7-3-2-4-8-14)18(26)21-12-17(25)23-15(19(27)28)9-5-6-10-20/h2-4,7-8,15-16H,5-6,9-12,20H2,1H3,(H,21,26)(H,22,24)(H,23,25)(H,27,28)/t15-,16-/m0/s1. The quantitative estimate of drug-likeness (QED) is 0.304. The minimum absolute atomic E-state index is 0.259. The summed E-state index contributed by atoms with van der Waals surface area (Å²) in [4.78, 5) is 47.0. The van der Waals surface area contributed by atoms with Crippen molar-refractivity contribution in [2.24, 2.45) is 5.73 Å². The molecular formula is C19H28N4O5. The SMILES string of the molecule is CC(=O)N[C@@H](Cc1ccccc1)C(=O)NCC(=O)N[C@@H](CCCCN)C(=O)O. The van der Waals surface area contributed by atoms with Gasteiger partial charge < -0.3 is 26.8 Å². The molecule has 0 aliphatic heterocycles. The highest BCUT2D eigenvalue weighted by Gasteiger charge is 2.22. The van der Waals surface area contributed by atoms with Gasteiger partial charge in [0, 0.05) is 13.3 Å². The number of nitrogens with one attached hydrogen (secondary N) is 3. The number of nitrogens with two attached hydrogens (primary N) is 1. The highest BCUT2D eigenvalue weighted by molar-refractivity contribution is 5.91. The molecule has 0 aromatic heterocycles. The number of carbonyl (C=O) groups is 4. The highest BCUT2D eigenvalue weighted by atomic mass is 16.4. The molecule has 3 amide bonds. The van der Waals surface area contributed by atoms with Gasteiger partial charge >= 0.3 is 5.97 Å². The average molecular weight is 392 g/mol. The third-order valence-electron chi connectivity index (χ3n) is 3.98. The van der Waals surface area contributed by atoms with Crippen molar-refractivity contribution in [3.63, 3.8) is 0 Å². The summed E-state index contributed by atoms with van der Waals surface area (Å²) in [5.41, 5.74) is 6.23. The van der Waals surface area contributed by atoms with Crippen molar-refractivity contribution in [1.82, 2.24) is 16.0 Å². The number of carboxylic acid groups (broad SMARTS) is 1. The maximum atomic E-state index is 12.4. The second-order valence-corrected chi connectivity index (χ2v) is 6.40. The Labute approximate surface area is 164 Å². The van der Waals surface area contributed by atoms with Crippen LogP contribution >= 0.6 is 0 Å². The Morgan fingerprint density at radius 1 is 1.04 bits per heavy atom. The maximum Gasteiger partial charge on any atom is 0.326 e. The molecule has 0 spiro atoms. The van der Waals surface area contributed by atoms with Gasteiger partial charge in [0.1, 0.15) is 12.1 Å². The molecule has 0 fully saturated rings. The van der Waals surface area contributed by atoms with Crippen LogP contribution in [0.25, 0.3) is 0 Å². The first kappa shape index (κ1) is 23.1. The predicted molar refractivity (Wildman–Crippen MR) is 103 cm³/mol. The smallest absolute Gasteiger partial charge is 0.326 e. The lowest BCUT2D eigenvalue weighted by atomic mass is 10.1. The van der Waals surface area contributed by atoms with Gasteiger partial charge in [0.05, 0.1) is 6.54 Å². The average Bonchev–Trinajstić information content (AvgIpc) is 2.65. The van der Waals surface area contributed by atoms with Crippen molar-refractivity contribution in [1.29, 1.82) is 0 Å². The molecule has 9 nitrogen and oxygen atoms in total. The zero-order valence-corrected chi connectivity index (χ0v) is 15.9. The molecule has 9 heteroatoms. The minimum atomic E-state index is -1.14. The molecule has 28 heavy (non-hydrogen) atoms. The number of carboxylic acids is 1. The van der Waals surface area contributed by atoms with E-state index in [-0.39, 0.29) is 25.3 Å². The van der Waals surface area contributed by atoms with Crippen molar-refractivity contribution in [2.45, 2.75) is 44.7 Å². The maximum absolute atomic E-state index is 12.4. The number of rotatable bonds is 12. The molecule has 0 saturated heterocycles. The highest BCUT2D eigenvalue weighted by Crippen LogP contribution is 2.04. The minimum Gasteiger partial charge on any atom is -0.480 e. The number of aliphatic carboxylic acids is 1. The largest absolute Gasteiger partial charge is 0.480 e. The van der Waals surface area contributed by atoms with E-state index in [0.717, 1.165) is 5.56 Å². The van der Waals surface area contributed by atoms with E-state index in [4.69, 9.17) is 10.8 Å². The number of hydrogen-bond donors (Lipinski definition) is 5. The molecular weight excluding hydrogens is 364 g/mol. The lowest BCUT2D eigenvalue weighted by Gasteiger charge is -2.18. The predicted octanol–water partition coefficient (Wildman–Crippen LogP) is -0.452. The van der Waals surface area contributed by atoms with E-state index in [2.05, 4.69) is 16.0 Å². The van der Waals surface area contributed by atoms with E-state index >= 15 is 0 Å². The van der Waals surface area contributed by atoms with Gasteiger partial charge in [-0.15, -0.1) is 0 Å². The van der Waals surface area contributed by atoms with Crippen LogP contribution in [0.2, 0.25) is 0 Å². The Hall–Kier alpha value is -2.94. The molecule has 0 aliphatic carbocycles. The first-order valence-electron chi connectivity index (χ1n) is 9.14. The molecule has 0 unspecified atom stereocenters. The summed E-state index contributed by atoms with van der Waals surface area (Å²) in [5, 5.41) is 16.5. The van der Waals surface area contributed by atoms with Crippen LogP contribution < -0.4 is 21.7 Å². The van der Waals surface area contributed by atoms with Crippen LogP contribution in [-0.4, -0.2) is 54.0 Å². The van der Waals surface area contributed by atoms with Crippen LogP contribution in [0.5, 0.6) is 0 Å². The third kappa shape index (κ3) is 9.13. The lowest BCUT2D eigenvalue weighted by molar-refractivity contribution is -0.142. The molecule has 0 aliphatic rings. The second kappa shape index (κ2) is 12.4. The van der Waals surface area contributed by atoms with Gasteiger partial charge in [-0.2, -0.15) is 0 Å². The fourth-order valence-electron chi connectivity index (χ4n) is 2.59. The van der Waals surface area contributed by atoms with E-state index in [0.29, 0.717) is 19.4 Å². The van der Waals surface area contributed by atoms with E-state index in [1.807, 2.05) is 30.3 Å². The fraction of sp³-hybridized carbons (Fsp3) is 0.474. The summed E-state index contributed by atoms with van der Waals surface area (Å²) < 4.78 is 0. The fourth-order valence-corrected chi connectivity index (χ4v) is 2.59. The molecule has 2 atom stereocenters. The Morgan fingerprint density at radius 2 is 1.71 bits per heavy atom. The molecule has 1 aromatic carbocycles. The van der Waals surface area contributed by atoms with Gasteiger partial charge in [-0.05, 0) is 31.4 Å². The number of carbonyl (C=O) groups excluding carboxylic acids is 3. The third-order valence-corrected chi connectivity index (χ3v) is 3.98. The van der Waals surface area contributed by atoms with Crippen LogP contribution in [0.4, 0.5) is 0 Å². The zero-order valence-electron chi connectivity index (χ0n) is 15.9. The monoisotopic (exact) mass is 392 g/mol. The molecule has 0 heterocycles. The molecule has 1 rings (SSSR count). The van der Waals surface area contributed by atoms with Gasteiger partial charge in [0.2, 0.25) is 17.7 Å². The van der Waals surface area contributed by atoms with Gasteiger partial charge in [0.25, 0.3) is 0 Å². The number of unbranched alkanes of at least 4 members (excludes halogenated alkanes) is 1. The van der Waals surface area contributed by atoms with Crippen LogP contribution in [0.3, 0.4) is 0 Å². The van der Waals surface area contributed by atoms with E-state index < -0.39 is 29.9 Å². The first-order chi connectivity index (χ1) is 13.3. The molecule has 0 bridgehead atoms. The van der Waals surface area contributed by atoms with Gasteiger partial charge in [-0.1, -0.05) is 30.3 Å². The van der Waals surface area contributed by atoms with Crippen molar-refractivity contribution in [3.05, 3.63) is 35.9 Å². The molecule has 6 N–H and O–H groups in total. The summed E-state index contributed by atoms with van der Waals surface area (Å²) in [6.07, 6.45) is 1.76. The first-order valence-corrected chi connectivity index (χ1v) is 9.14. The Morgan fingerprint density at radius 3 is 2.29 bits per heavy atom. The Bertz CT molecular complexity index is 666. The van der Waals surface area contributed by atoms with Gasteiger partial charge in [0.15, 0.2) is 0 Å². The molecule has 1 aromatic rings. The number of amides is 3. The van der Waals surface area contributed by atoms with Gasteiger partial charge in [-0.3, -0.25) is 14.4 Å². The van der Waals surface area contributed by atoms with E-state index in [1.165, 1.54) is 6.92 Å². The van der Waals surface area contributed by atoms with Crippen LogP contribution in [-0.2, 0) is 25.6 Å².